The van der Waals surface area contributed by atoms with Gasteiger partial charge in [0.05, 0.1) is 7.11 Å². The van der Waals surface area contributed by atoms with E-state index in [2.05, 4.69) is 21.9 Å². The summed E-state index contributed by atoms with van der Waals surface area (Å²) in [5.41, 5.74) is 7.58. The second-order valence-electron chi connectivity index (χ2n) is 3.95. The fourth-order valence-electron chi connectivity index (χ4n) is 1.67. The molecule has 18 heavy (non-hydrogen) atoms. The quantitative estimate of drug-likeness (QED) is 0.891. The number of rotatable bonds is 4. The molecule has 2 N–H and O–H groups in total. The minimum absolute atomic E-state index is 0.485. The Morgan fingerprint density at radius 1 is 1.28 bits per heavy atom. The standard InChI is InChI=1S/C13H16N4O/c1-3-4-10-7-11(14)17-13(16-10)9-5-6-12(18-2)15-8-9/h5-8H,3-4H2,1-2H3,(H2,14,16,17). The first-order valence-corrected chi connectivity index (χ1v) is 5.86. The van der Waals surface area contributed by atoms with Gasteiger partial charge >= 0.3 is 0 Å². The van der Waals surface area contributed by atoms with Gasteiger partial charge in [-0.25, -0.2) is 15.0 Å². The van der Waals surface area contributed by atoms with Crippen LogP contribution >= 0.6 is 0 Å². The highest BCUT2D eigenvalue weighted by molar-refractivity contribution is 5.56. The number of aromatic nitrogens is 3. The lowest BCUT2D eigenvalue weighted by molar-refractivity contribution is 0.398. The van der Waals surface area contributed by atoms with E-state index in [1.807, 2.05) is 12.1 Å². The second kappa shape index (κ2) is 5.44. The molecule has 5 nitrogen and oxygen atoms in total. The summed E-state index contributed by atoms with van der Waals surface area (Å²) in [5, 5.41) is 0. The Hall–Kier alpha value is -2.17. The summed E-state index contributed by atoms with van der Waals surface area (Å²) in [6.07, 6.45) is 3.60. The minimum atomic E-state index is 0.485. The summed E-state index contributed by atoms with van der Waals surface area (Å²) < 4.78 is 5.01. The number of anilines is 1. The zero-order chi connectivity index (χ0) is 13.0. The number of hydrogen-bond donors (Lipinski definition) is 1. The van der Waals surface area contributed by atoms with Crippen LogP contribution < -0.4 is 10.5 Å². The van der Waals surface area contributed by atoms with Crippen molar-refractivity contribution in [2.45, 2.75) is 19.8 Å². The average Bonchev–Trinajstić information content (AvgIpc) is 2.38. The van der Waals surface area contributed by atoms with E-state index in [-0.39, 0.29) is 0 Å². The lowest BCUT2D eigenvalue weighted by Gasteiger charge is -2.05. The molecule has 0 aromatic carbocycles. The summed E-state index contributed by atoms with van der Waals surface area (Å²) in [6.45, 7) is 2.10. The molecule has 0 atom stereocenters. The van der Waals surface area contributed by atoms with Crippen molar-refractivity contribution >= 4 is 5.82 Å². The van der Waals surface area contributed by atoms with Crippen LogP contribution in [0.25, 0.3) is 11.4 Å². The van der Waals surface area contributed by atoms with E-state index in [4.69, 9.17) is 10.5 Å². The van der Waals surface area contributed by atoms with Crippen molar-refractivity contribution in [3.63, 3.8) is 0 Å². The Kier molecular flexibility index (Phi) is 3.72. The summed E-state index contributed by atoms with van der Waals surface area (Å²) >= 11 is 0. The number of ether oxygens (including phenoxy) is 1. The Morgan fingerprint density at radius 3 is 2.72 bits per heavy atom. The highest BCUT2D eigenvalue weighted by Gasteiger charge is 2.06. The molecule has 0 aliphatic rings. The van der Waals surface area contributed by atoms with Crippen LogP contribution in [0.5, 0.6) is 5.88 Å². The molecule has 0 radical (unpaired) electrons. The van der Waals surface area contributed by atoms with Crippen molar-refractivity contribution in [3.05, 3.63) is 30.1 Å². The van der Waals surface area contributed by atoms with E-state index in [1.54, 1.807) is 19.4 Å². The average molecular weight is 244 g/mol. The number of nitrogens with two attached hydrogens (primary N) is 1. The van der Waals surface area contributed by atoms with Crippen LogP contribution in [0, 0.1) is 0 Å². The molecule has 2 aromatic rings. The van der Waals surface area contributed by atoms with Crippen LogP contribution in [0.15, 0.2) is 24.4 Å². The maximum atomic E-state index is 5.79. The van der Waals surface area contributed by atoms with E-state index in [9.17, 15) is 0 Å². The number of nitrogens with zero attached hydrogens (tertiary/aromatic N) is 3. The predicted octanol–water partition coefficient (Wildman–Crippen LogP) is 2.08. The van der Waals surface area contributed by atoms with Gasteiger partial charge in [0.25, 0.3) is 0 Å². The van der Waals surface area contributed by atoms with E-state index in [0.29, 0.717) is 17.5 Å². The first kappa shape index (κ1) is 12.3. The maximum absolute atomic E-state index is 5.79. The number of methoxy groups -OCH3 is 1. The van der Waals surface area contributed by atoms with Gasteiger partial charge in [-0.15, -0.1) is 0 Å². The molecule has 5 heteroatoms. The van der Waals surface area contributed by atoms with Crippen molar-refractivity contribution in [3.8, 4) is 17.3 Å². The molecule has 0 amide bonds. The Balaban J connectivity index is 2.36. The SMILES string of the molecule is CCCc1cc(N)nc(-c2ccc(OC)nc2)n1. The Bertz CT molecular complexity index is 525. The van der Waals surface area contributed by atoms with E-state index in [1.165, 1.54) is 0 Å². The van der Waals surface area contributed by atoms with Gasteiger partial charge in [-0.3, -0.25) is 0 Å². The smallest absolute Gasteiger partial charge is 0.212 e. The van der Waals surface area contributed by atoms with Gasteiger partial charge < -0.3 is 10.5 Å². The topological polar surface area (TPSA) is 73.9 Å². The third-order valence-electron chi connectivity index (χ3n) is 2.51. The molecule has 2 rings (SSSR count). The number of hydrogen-bond acceptors (Lipinski definition) is 5. The molecular weight excluding hydrogens is 228 g/mol. The van der Waals surface area contributed by atoms with Gasteiger partial charge in [-0.1, -0.05) is 13.3 Å². The molecule has 94 valence electrons. The molecule has 0 aliphatic carbocycles. The van der Waals surface area contributed by atoms with Crippen molar-refractivity contribution < 1.29 is 4.74 Å². The van der Waals surface area contributed by atoms with E-state index >= 15 is 0 Å². The van der Waals surface area contributed by atoms with Crippen LogP contribution in [0.4, 0.5) is 5.82 Å². The van der Waals surface area contributed by atoms with Crippen molar-refractivity contribution in [2.24, 2.45) is 0 Å². The molecule has 2 aromatic heterocycles. The summed E-state index contributed by atoms with van der Waals surface area (Å²) in [6, 6.07) is 5.46. The van der Waals surface area contributed by atoms with Crippen LogP contribution in [-0.4, -0.2) is 22.1 Å². The largest absolute Gasteiger partial charge is 0.481 e. The molecule has 0 fully saturated rings. The monoisotopic (exact) mass is 244 g/mol. The van der Waals surface area contributed by atoms with E-state index < -0.39 is 0 Å². The highest BCUT2D eigenvalue weighted by Crippen LogP contribution is 2.18. The number of nitrogen functional groups attached to an aromatic ring is 1. The van der Waals surface area contributed by atoms with Gasteiger partial charge in [0, 0.05) is 29.6 Å². The fraction of sp³-hybridized carbons (Fsp3) is 0.308. The van der Waals surface area contributed by atoms with Gasteiger partial charge in [0.1, 0.15) is 5.82 Å². The highest BCUT2D eigenvalue weighted by atomic mass is 16.5. The van der Waals surface area contributed by atoms with Gasteiger partial charge in [-0.05, 0) is 12.5 Å². The lowest BCUT2D eigenvalue weighted by atomic mass is 10.2. The van der Waals surface area contributed by atoms with Crippen molar-refractivity contribution in [2.75, 3.05) is 12.8 Å². The number of aryl methyl sites for hydroxylation is 1. The third-order valence-corrected chi connectivity index (χ3v) is 2.51. The maximum Gasteiger partial charge on any atom is 0.212 e. The first-order valence-electron chi connectivity index (χ1n) is 5.86. The molecule has 0 saturated carbocycles. The van der Waals surface area contributed by atoms with Crippen LogP contribution in [-0.2, 0) is 6.42 Å². The molecule has 0 saturated heterocycles. The normalized spacial score (nSPS) is 10.3. The predicted molar refractivity (Wildman–Crippen MR) is 70.2 cm³/mol. The third kappa shape index (κ3) is 2.74. The van der Waals surface area contributed by atoms with Crippen molar-refractivity contribution in [1.29, 1.82) is 0 Å². The summed E-state index contributed by atoms with van der Waals surface area (Å²) in [5.74, 6) is 1.66. The molecule has 0 bridgehead atoms. The zero-order valence-corrected chi connectivity index (χ0v) is 10.6. The zero-order valence-electron chi connectivity index (χ0n) is 10.6. The van der Waals surface area contributed by atoms with Crippen LogP contribution in [0.2, 0.25) is 0 Å². The van der Waals surface area contributed by atoms with Gasteiger partial charge in [0.2, 0.25) is 5.88 Å². The second-order valence-corrected chi connectivity index (χ2v) is 3.95. The van der Waals surface area contributed by atoms with Crippen LogP contribution in [0.1, 0.15) is 19.0 Å². The molecule has 2 heterocycles. The molecule has 0 unspecified atom stereocenters. The molecular formula is C13H16N4O. The molecule has 0 spiro atoms. The van der Waals surface area contributed by atoms with E-state index in [0.717, 1.165) is 24.1 Å². The summed E-state index contributed by atoms with van der Waals surface area (Å²) in [4.78, 5) is 12.8. The van der Waals surface area contributed by atoms with Gasteiger partial charge in [0.15, 0.2) is 5.82 Å². The molecule has 0 aliphatic heterocycles. The Labute approximate surface area is 106 Å². The van der Waals surface area contributed by atoms with Crippen LogP contribution in [0.3, 0.4) is 0 Å². The van der Waals surface area contributed by atoms with Gasteiger partial charge in [-0.2, -0.15) is 0 Å². The van der Waals surface area contributed by atoms with Crippen molar-refractivity contribution in [1.82, 2.24) is 15.0 Å². The fourth-order valence-corrected chi connectivity index (χ4v) is 1.67. The lowest BCUT2D eigenvalue weighted by Crippen LogP contribution is -2.00. The number of pyridine rings is 1. The minimum Gasteiger partial charge on any atom is -0.481 e. The Morgan fingerprint density at radius 2 is 2.11 bits per heavy atom. The first-order chi connectivity index (χ1) is 8.72. The summed E-state index contributed by atoms with van der Waals surface area (Å²) in [7, 11) is 1.58.